The Bertz CT molecular complexity index is 1820. The molecule has 1 aliphatic rings. The van der Waals surface area contributed by atoms with Crippen molar-refractivity contribution in [3.05, 3.63) is 141 Å². The summed E-state index contributed by atoms with van der Waals surface area (Å²) in [6.07, 6.45) is 3.36. The quantitative estimate of drug-likeness (QED) is 0.155. The molecule has 6 rings (SSSR count). The molecule has 2 atom stereocenters. The van der Waals surface area contributed by atoms with Crippen LogP contribution in [0.15, 0.2) is 124 Å². The van der Waals surface area contributed by atoms with Crippen LogP contribution in [0, 0.1) is 0 Å². The number of fused-ring (bicyclic) bond motifs is 1. The summed E-state index contributed by atoms with van der Waals surface area (Å²) in [5.74, 6) is -0.583. The molecule has 0 fully saturated rings. The highest BCUT2D eigenvalue weighted by atomic mass is 79.9. The zero-order valence-electron chi connectivity index (χ0n) is 22.2. The number of aliphatic imine (C=N–C) groups is 1. The van der Waals surface area contributed by atoms with Crippen LogP contribution >= 0.6 is 27.5 Å². The van der Waals surface area contributed by atoms with Gasteiger partial charge in [0.05, 0.1) is 12.3 Å². The zero-order chi connectivity index (χ0) is 29.1. The maximum Gasteiger partial charge on any atom is 0.270 e. The largest absolute Gasteiger partial charge is 0.341 e. The summed E-state index contributed by atoms with van der Waals surface area (Å²) in [6, 6.07) is 32.0. The first-order valence-corrected chi connectivity index (χ1v) is 14.5. The summed E-state index contributed by atoms with van der Waals surface area (Å²) >= 11 is 9.49. The van der Waals surface area contributed by atoms with Gasteiger partial charge in [-0.05, 0) is 47.0 Å². The van der Waals surface area contributed by atoms with Crippen LogP contribution in [0.3, 0.4) is 0 Å². The molecule has 4 aromatic carbocycles. The lowest BCUT2D eigenvalue weighted by Crippen LogP contribution is -2.42. The number of halogens is 2. The number of rotatable bonds is 7. The van der Waals surface area contributed by atoms with Crippen molar-refractivity contribution < 1.29 is 9.59 Å². The molecule has 7 nitrogen and oxygen atoms in total. The lowest BCUT2D eigenvalue weighted by atomic mass is 9.91. The molecule has 5 aromatic rings. The van der Waals surface area contributed by atoms with E-state index in [1.807, 2.05) is 97.2 Å². The van der Waals surface area contributed by atoms with Crippen molar-refractivity contribution in [1.29, 1.82) is 0 Å². The van der Waals surface area contributed by atoms with Crippen LogP contribution in [0.5, 0.6) is 0 Å². The normalized spacial score (nSPS) is 16.8. The van der Waals surface area contributed by atoms with E-state index in [1.54, 1.807) is 22.9 Å². The van der Waals surface area contributed by atoms with Crippen molar-refractivity contribution in [2.75, 3.05) is 0 Å². The predicted molar refractivity (Wildman–Crippen MR) is 170 cm³/mol. The SMILES string of the molecule is O=C(Cn1cc(C2=N[C@@H](c3ccccc3)[C@H](c3ccccc3)NC2=O)c2cc(Br)ccc21)N/N=C/c1ccc(Cl)cc1. The molecule has 9 heteroatoms. The highest BCUT2D eigenvalue weighted by Crippen LogP contribution is 2.37. The molecule has 42 heavy (non-hydrogen) atoms. The molecule has 1 aromatic heterocycles. The third kappa shape index (κ3) is 5.91. The van der Waals surface area contributed by atoms with Crippen molar-refractivity contribution in [1.82, 2.24) is 15.3 Å². The van der Waals surface area contributed by atoms with E-state index in [0.29, 0.717) is 16.3 Å². The van der Waals surface area contributed by atoms with Gasteiger partial charge >= 0.3 is 0 Å². The van der Waals surface area contributed by atoms with Gasteiger partial charge in [0, 0.05) is 32.2 Å². The average Bonchev–Trinajstić information content (AvgIpc) is 3.35. The summed E-state index contributed by atoms with van der Waals surface area (Å²) < 4.78 is 2.66. The topological polar surface area (TPSA) is 87.8 Å². The van der Waals surface area contributed by atoms with E-state index >= 15 is 0 Å². The van der Waals surface area contributed by atoms with Crippen molar-refractivity contribution in [3.63, 3.8) is 0 Å². The first-order valence-electron chi connectivity index (χ1n) is 13.3. The zero-order valence-corrected chi connectivity index (χ0v) is 24.6. The molecule has 0 unspecified atom stereocenters. The molecule has 0 radical (unpaired) electrons. The third-order valence-corrected chi connectivity index (χ3v) is 7.82. The fourth-order valence-corrected chi connectivity index (χ4v) is 5.59. The van der Waals surface area contributed by atoms with E-state index in [0.717, 1.165) is 32.1 Å². The lowest BCUT2D eigenvalue weighted by molar-refractivity contribution is -0.121. The Hall–Kier alpha value is -4.53. The Morgan fingerprint density at radius 3 is 2.38 bits per heavy atom. The minimum absolute atomic E-state index is 0.000255. The van der Waals surface area contributed by atoms with Gasteiger partial charge in [0.25, 0.3) is 11.8 Å². The van der Waals surface area contributed by atoms with Gasteiger partial charge in [-0.3, -0.25) is 14.6 Å². The molecular weight excluding hydrogens is 614 g/mol. The maximum absolute atomic E-state index is 13.6. The van der Waals surface area contributed by atoms with E-state index in [2.05, 4.69) is 31.8 Å². The number of hydrazone groups is 1. The summed E-state index contributed by atoms with van der Waals surface area (Å²) in [5.41, 5.74) is 7.11. The molecular formula is C33H25BrClN5O2. The van der Waals surface area contributed by atoms with Gasteiger partial charge in [-0.15, -0.1) is 0 Å². The van der Waals surface area contributed by atoms with Gasteiger partial charge in [-0.2, -0.15) is 5.10 Å². The van der Waals surface area contributed by atoms with Gasteiger partial charge in [-0.25, -0.2) is 5.43 Å². The van der Waals surface area contributed by atoms with Crippen molar-refractivity contribution in [3.8, 4) is 0 Å². The van der Waals surface area contributed by atoms with Crippen LogP contribution in [0.2, 0.25) is 5.02 Å². The summed E-state index contributed by atoms with van der Waals surface area (Å²) in [4.78, 5) is 31.6. The Labute approximate surface area is 256 Å². The molecule has 0 saturated heterocycles. The van der Waals surface area contributed by atoms with Gasteiger partial charge in [-0.1, -0.05) is 100 Å². The Morgan fingerprint density at radius 1 is 0.976 bits per heavy atom. The van der Waals surface area contributed by atoms with Crippen molar-refractivity contribution in [2.45, 2.75) is 18.6 Å². The van der Waals surface area contributed by atoms with Gasteiger partial charge in [0.15, 0.2) is 0 Å². The Morgan fingerprint density at radius 2 is 1.67 bits per heavy atom. The predicted octanol–water partition coefficient (Wildman–Crippen LogP) is 6.61. The van der Waals surface area contributed by atoms with Crippen LogP contribution in [0.4, 0.5) is 0 Å². The molecule has 0 spiro atoms. The second-order valence-electron chi connectivity index (χ2n) is 9.87. The molecule has 0 saturated carbocycles. The van der Waals surface area contributed by atoms with E-state index in [1.165, 1.54) is 0 Å². The molecule has 1 aliphatic heterocycles. The highest BCUT2D eigenvalue weighted by Gasteiger charge is 2.34. The summed E-state index contributed by atoms with van der Waals surface area (Å²) in [5, 5.41) is 8.71. The minimum Gasteiger partial charge on any atom is -0.341 e. The van der Waals surface area contributed by atoms with Crippen LogP contribution in [-0.2, 0) is 16.1 Å². The first-order chi connectivity index (χ1) is 20.5. The molecule has 0 bridgehead atoms. The fraction of sp³-hybridized carbons (Fsp3) is 0.0909. The Kier molecular flexibility index (Phi) is 7.99. The molecule has 208 valence electrons. The monoisotopic (exact) mass is 637 g/mol. The second-order valence-corrected chi connectivity index (χ2v) is 11.2. The minimum atomic E-state index is -0.336. The number of benzene rings is 4. The maximum atomic E-state index is 13.6. The van der Waals surface area contributed by atoms with Gasteiger partial charge < -0.3 is 9.88 Å². The number of carbonyl (C=O) groups excluding carboxylic acids is 2. The number of nitrogens with one attached hydrogen (secondary N) is 2. The van der Waals surface area contributed by atoms with E-state index < -0.39 is 0 Å². The summed E-state index contributed by atoms with van der Waals surface area (Å²) in [6.45, 7) is -0.000255. The number of amides is 2. The first kappa shape index (κ1) is 27.6. The molecule has 2 amide bonds. The Balaban J connectivity index is 1.35. The van der Waals surface area contributed by atoms with E-state index in [-0.39, 0.29) is 30.4 Å². The van der Waals surface area contributed by atoms with Crippen LogP contribution in [0.25, 0.3) is 10.9 Å². The average molecular weight is 639 g/mol. The molecule has 2 N–H and O–H groups in total. The summed E-state index contributed by atoms with van der Waals surface area (Å²) in [7, 11) is 0. The number of hydrogen-bond acceptors (Lipinski definition) is 4. The number of nitrogens with zero attached hydrogens (tertiary/aromatic N) is 3. The second kappa shape index (κ2) is 12.1. The smallest absolute Gasteiger partial charge is 0.270 e. The van der Waals surface area contributed by atoms with Crippen molar-refractivity contribution >= 4 is 62.2 Å². The van der Waals surface area contributed by atoms with Crippen LogP contribution in [-0.4, -0.2) is 28.3 Å². The number of hydrogen-bond donors (Lipinski definition) is 2. The van der Waals surface area contributed by atoms with Crippen molar-refractivity contribution in [2.24, 2.45) is 10.1 Å². The standard InChI is InChI=1S/C33H25BrClN5O2/c34-24-13-16-28-26(17-24)27(19-40(28)20-29(41)39-36-18-21-11-14-25(35)15-12-21)32-33(42)38-31(23-9-5-2-6-10-23)30(37-32)22-7-3-1-4-8-22/h1-19,30-31H,20H2,(H,38,42)(H,39,41)/b36-18+/t30-,31-/m0/s1. The lowest BCUT2D eigenvalue weighted by Gasteiger charge is -2.31. The highest BCUT2D eigenvalue weighted by molar-refractivity contribution is 9.10. The van der Waals surface area contributed by atoms with Crippen LogP contribution in [0.1, 0.15) is 34.3 Å². The molecule has 2 heterocycles. The third-order valence-electron chi connectivity index (χ3n) is 7.07. The van der Waals surface area contributed by atoms with Gasteiger partial charge in [0.2, 0.25) is 0 Å². The van der Waals surface area contributed by atoms with E-state index in [4.69, 9.17) is 16.6 Å². The fourth-order valence-electron chi connectivity index (χ4n) is 5.10. The number of aromatic nitrogens is 1. The number of carbonyl (C=O) groups is 2. The molecule has 0 aliphatic carbocycles. The van der Waals surface area contributed by atoms with Crippen LogP contribution < -0.4 is 10.7 Å². The van der Waals surface area contributed by atoms with E-state index in [9.17, 15) is 9.59 Å². The van der Waals surface area contributed by atoms with Gasteiger partial charge in [0.1, 0.15) is 18.3 Å².